The average Bonchev–Trinajstić information content (AvgIpc) is 1.61. The molecule has 0 aliphatic carbocycles. The molecule has 0 amide bonds. The van der Waals surface area contributed by atoms with Crippen molar-refractivity contribution in [2.75, 3.05) is 0 Å². The predicted octanol–water partition coefficient (Wildman–Crippen LogP) is 1.95. The van der Waals surface area contributed by atoms with E-state index in [0.717, 1.165) is 6.42 Å². The zero-order chi connectivity index (χ0) is 4.83. The van der Waals surface area contributed by atoms with Crippen LogP contribution in [-0.2, 0) is 0 Å². The second kappa shape index (κ2) is 4.83. The molecule has 0 nitrogen and oxygen atoms in total. The Morgan fingerprint density at radius 3 is 2.50 bits per heavy atom. The fourth-order valence-electron chi connectivity index (χ4n) is 0.192. The summed E-state index contributed by atoms with van der Waals surface area (Å²) in [4.78, 5) is 0. The fourth-order valence-corrected chi connectivity index (χ4v) is 0.303. The van der Waals surface area contributed by atoms with Crippen molar-refractivity contribution in [1.29, 1.82) is 0 Å². The molecule has 6 heavy (non-hydrogen) atoms. The first kappa shape index (κ1) is 5.83. The highest BCUT2D eigenvalue weighted by atomic mass is 32.1. The van der Waals surface area contributed by atoms with Crippen LogP contribution in [0, 0.1) is 0 Å². The summed E-state index contributed by atoms with van der Waals surface area (Å²) in [5.41, 5.74) is 0. The molecule has 34 valence electrons. The van der Waals surface area contributed by atoms with Gasteiger partial charge in [0, 0.05) is 5.37 Å². The van der Waals surface area contributed by atoms with Crippen LogP contribution < -0.4 is 0 Å². The van der Waals surface area contributed by atoms with Gasteiger partial charge in [0.2, 0.25) is 0 Å². The van der Waals surface area contributed by atoms with Gasteiger partial charge in [-0.3, -0.25) is 0 Å². The maximum Gasteiger partial charge on any atom is 0.00103 e. The monoisotopic (exact) mass is 100 g/mol. The Bertz CT molecular complexity index is 55.0. The Balaban J connectivity index is 2.94. The van der Waals surface area contributed by atoms with Crippen LogP contribution in [0.3, 0.4) is 0 Å². The smallest absolute Gasteiger partial charge is 0.00103 e. The minimum absolute atomic E-state index is 1.08. The molecule has 0 bridgehead atoms. The lowest BCUT2D eigenvalue weighted by atomic mass is 10.4. The van der Waals surface area contributed by atoms with Crippen LogP contribution in [0.25, 0.3) is 0 Å². The average molecular weight is 100 g/mol. The molecule has 0 heterocycles. The second-order valence-corrected chi connectivity index (χ2v) is 1.24. The summed E-state index contributed by atoms with van der Waals surface area (Å²) in [6.07, 6.45) is 4.97. The van der Waals surface area contributed by atoms with Gasteiger partial charge >= 0.3 is 0 Å². The molecule has 0 fully saturated rings. The Morgan fingerprint density at radius 2 is 2.33 bits per heavy atom. The molecule has 0 saturated carbocycles. The Hall–Kier alpha value is -0.170. The van der Waals surface area contributed by atoms with Gasteiger partial charge in [-0.1, -0.05) is 31.3 Å². The topological polar surface area (TPSA) is 0 Å². The second-order valence-electron chi connectivity index (χ2n) is 0.972. The molecular weight excluding hydrogens is 92.1 g/mol. The van der Waals surface area contributed by atoms with Crippen LogP contribution in [0.15, 0.2) is 12.2 Å². The highest BCUT2D eigenvalue weighted by Gasteiger charge is 1.56. The van der Waals surface area contributed by atoms with E-state index in [4.69, 9.17) is 0 Å². The van der Waals surface area contributed by atoms with Crippen molar-refractivity contribution in [3.05, 3.63) is 12.2 Å². The van der Waals surface area contributed by atoms with Gasteiger partial charge in [-0.05, 0) is 6.42 Å². The van der Waals surface area contributed by atoms with Crippen LogP contribution in [0.4, 0.5) is 0 Å². The molecule has 0 N–H and O–H groups in total. The summed E-state index contributed by atoms with van der Waals surface area (Å²) in [5, 5.41) is 1.61. The Morgan fingerprint density at radius 1 is 1.67 bits per heavy atom. The fraction of sp³-hybridized carbons (Fsp3) is 0.400. The number of thiocarbonyl (C=S) groups is 1. The molecule has 0 aromatic carbocycles. The number of hydrogen-bond donors (Lipinski definition) is 0. The number of allylic oxidation sites excluding steroid dienone is 2. The summed E-state index contributed by atoms with van der Waals surface area (Å²) in [6.45, 7) is 2.08. The maximum atomic E-state index is 4.51. The minimum Gasteiger partial charge on any atom is -0.0887 e. The third kappa shape index (κ3) is 3.83. The van der Waals surface area contributed by atoms with Crippen LogP contribution >= 0.6 is 12.2 Å². The van der Waals surface area contributed by atoms with Gasteiger partial charge in [0.25, 0.3) is 0 Å². The minimum atomic E-state index is 1.08. The van der Waals surface area contributed by atoms with Crippen molar-refractivity contribution in [1.82, 2.24) is 0 Å². The largest absolute Gasteiger partial charge is 0.0887 e. The van der Waals surface area contributed by atoms with E-state index in [-0.39, 0.29) is 0 Å². The van der Waals surface area contributed by atoms with Crippen molar-refractivity contribution < 1.29 is 0 Å². The van der Waals surface area contributed by atoms with Gasteiger partial charge in [-0.25, -0.2) is 0 Å². The summed E-state index contributed by atoms with van der Waals surface area (Å²) in [5.74, 6) is 0. The molecule has 0 saturated heterocycles. The lowest BCUT2D eigenvalue weighted by Gasteiger charge is -1.66. The van der Waals surface area contributed by atoms with Crippen LogP contribution in [-0.4, -0.2) is 5.37 Å². The molecule has 0 aromatic heterocycles. The summed E-state index contributed by atoms with van der Waals surface area (Å²) >= 11 is 4.51. The van der Waals surface area contributed by atoms with Crippen molar-refractivity contribution in [2.45, 2.75) is 13.3 Å². The van der Waals surface area contributed by atoms with Crippen LogP contribution in [0.5, 0.6) is 0 Å². The molecule has 0 aromatic rings. The molecule has 0 radical (unpaired) electrons. The lowest BCUT2D eigenvalue weighted by molar-refractivity contribution is 1.23. The van der Waals surface area contributed by atoms with E-state index in [9.17, 15) is 0 Å². The van der Waals surface area contributed by atoms with E-state index in [1.807, 2.05) is 12.2 Å². The van der Waals surface area contributed by atoms with Crippen molar-refractivity contribution in [3.8, 4) is 0 Å². The number of rotatable bonds is 2. The zero-order valence-corrected chi connectivity index (χ0v) is 4.66. The molecule has 1 heteroatoms. The molecule has 0 spiro atoms. The molecular formula is C5H8S. The molecule has 0 aliphatic heterocycles. The van der Waals surface area contributed by atoms with E-state index >= 15 is 0 Å². The molecule has 0 unspecified atom stereocenters. The Labute approximate surface area is 43.9 Å². The zero-order valence-electron chi connectivity index (χ0n) is 3.85. The third-order valence-electron chi connectivity index (χ3n) is 0.450. The summed E-state index contributed by atoms with van der Waals surface area (Å²) in [7, 11) is 0. The summed E-state index contributed by atoms with van der Waals surface area (Å²) in [6, 6.07) is 0. The molecule has 0 aliphatic rings. The van der Waals surface area contributed by atoms with Gasteiger partial charge in [0.05, 0.1) is 0 Å². The molecule has 0 atom stereocenters. The van der Waals surface area contributed by atoms with Gasteiger partial charge < -0.3 is 0 Å². The SMILES string of the molecule is CC/C=C\C=S. The first-order chi connectivity index (χ1) is 2.91. The lowest BCUT2D eigenvalue weighted by Crippen LogP contribution is -1.52. The van der Waals surface area contributed by atoms with Crippen molar-refractivity contribution in [2.24, 2.45) is 0 Å². The van der Waals surface area contributed by atoms with Gasteiger partial charge in [-0.15, -0.1) is 0 Å². The van der Waals surface area contributed by atoms with Crippen LogP contribution in [0.1, 0.15) is 13.3 Å². The normalized spacial score (nSPS) is 9.50. The van der Waals surface area contributed by atoms with Gasteiger partial charge in [0.1, 0.15) is 0 Å². The van der Waals surface area contributed by atoms with Gasteiger partial charge in [-0.2, -0.15) is 0 Å². The quantitative estimate of drug-likeness (QED) is 0.377. The van der Waals surface area contributed by atoms with Crippen molar-refractivity contribution >= 4 is 17.6 Å². The predicted molar refractivity (Wildman–Crippen MR) is 33.1 cm³/mol. The highest BCUT2D eigenvalue weighted by Crippen LogP contribution is 1.74. The van der Waals surface area contributed by atoms with E-state index in [2.05, 4.69) is 19.1 Å². The van der Waals surface area contributed by atoms with Gasteiger partial charge in [0.15, 0.2) is 0 Å². The summed E-state index contributed by atoms with van der Waals surface area (Å²) < 4.78 is 0. The maximum absolute atomic E-state index is 4.51. The Kier molecular flexibility index (Phi) is 4.69. The first-order valence-corrected chi connectivity index (χ1v) is 2.49. The third-order valence-corrected chi connectivity index (χ3v) is 0.607. The first-order valence-electron chi connectivity index (χ1n) is 2.02. The van der Waals surface area contributed by atoms with E-state index in [1.54, 1.807) is 5.37 Å². The van der Waals surface area contributed by atoms with Crippen LogP contribution in [0.2, 0.25) is 0 Å². The highest BCUT2D eigenvalue weighted by molar-refractivity contribution is 7.79. The standard InChI is InChI=1S/C5H8S/c1-2-3-4-5-6/h3-5H,2H2,1H3/b4-3-. The van der Waals surface area contributed by atoms with E-state index in [1.165, 1.54) is 0 Å². The van der Waals surface area contributed by atoms with E-state index in [0.29, 0.717) is 0 Å². The molecule has 0 rings (SSSR count). The van der Waals surface area contributed by atoms with E-state index < -0.39 is 0 Å². The number of hydrogen-bond acceptors (Lipinski definition) is 1. The van der Waals surface area contributed by atoms with Crippen molar-refractivity contribution in [3.63, 3.8) is 0 Å².